The Morgan fingerprint density at radius 2 is 1.18 bits per heavy atom. The van der Waals surface area contributed by atoms with Crippen molar-refractivity contribution >= 4 is 56.9 Å². The highest BCUT2D eigenvalue weighted by molar-refractivity contribution is 8.14. The van der Waals surface area contributed by atoms with Gasteiger partial charge in [-0.25, -0.2) is 13.2 Å². The van der Waals surface area contributed by atoms with Crippen LogP contribution in [0.1, 0.15) is 78.4 Å². The second kappa shape index (κ2) is 18.9. The number of carbonyl (C=O) groups excluding carboxylic acids is 2. The number of nitro groups is 2. The normalized spacial score (nSPS) is 26.5. The van der Waals surface area contributed by atoms with Crippen molar-refractivity contribution in [2.24, 2.45) is 21.8 Å². The van der Waals surface area contributed by atoms with Gasteiger partial charge in [-0.3, -0.25) is 39.8 Å². The van der Waals surface area contributed by atoms with Crippen LogP contribution in [0.25, 0.3) is 0 Å². The molecule has 0 aliphatic carbocycles. The van der Waals surface area contributed by atoms with E-state index in [4.69, 9.17) is 23.9 Å². The number of nitrogens with zero attached hydrogens (tertiary/aromatic N) is 4. The number of hydrogen-bond acceptors (Lipinski definition) is 15. The van der Waals surface area contributed by atoms with E-state index in [0.29, 0.717) is 34.4 Å². The van der Waals surface area contributed by atoms with Gasteiger partial charge in [0, 0.05) is 58.7 Å². The van der Waals surface area contributed by atoms with Crippen molar-refractivity contribution in [1.82, 2.24) is 0 Å². The number of aliphatic hydroxyl groups is 1. The second-order valence-electron chi connectivity index (χ2n) is 16.9. The minimum absolute atomic E-state index is 0.0287. The summed E-state index contributed by atoms with van der Waals surface area (Å²) in [5, 5.41) is 32.9. The van der Waals surface area contributed by atoms with E-state index in [1.165, 1.54) is 29.6 Å². The summed E-state index contributed by atoms with van der Waals surface area (Å²) < 4.78 is 65.0. The lowest BCUT2D eigenvalue weighted by Gasteiger charge is -2.46. The summed E-state index contributed by atoms with van der Waals surface area (Å²) in [6.07, 6.45) is -0.485. The van der Waals surface area contributed by atoms with Gasteiger partial charge in [-0.15, -0.1) is 23.5 Å². The maximum absolute atomic E-state index is 14.9. The number of ether oxygens (including phenoxy) is 4. The quantitative estimate of drug-likeness (QED) is 0.141. The number of benzene rings is 2. The van der Waals surface area contributed by atoms with Crippen LogP contribution in [0.15, 0.2) is 46.4 Å². The fraction of sp³-hybridized carbons (Fsp3) is 0.600. The number of thioether (sulfide) groups is 2. The maximum Gasteiger partial charge on any atom is 0.312 e. The average Bonchev–Trinajstić information content (AvgIpc) is 3.16. The summed E-state index contributed by atoms with van der Waals surface area (Å²) in [7, 11) is 0. The summed E-state index contributed by atoms with van der Waals surface area (Å²) >= 11 is 2.72. The van der Waals surface area contributed by atoms with Crippen molar-refractivity contribution in [1.29, 1.82) is 0 Å². The lowest BCUT2D eigenvalue weighted by atomic mass is 9.75. The molecule has 0 radical (unpaired) electrons. The maximum atomic E-state index is 14.9. The standard InChI is InChI=1S/C20H24F2N2O5S.C20H25FN2O6S/c1-19(2,3)29-18(25)8-17-23-20(11-28-14(9-21)6-12(20)10-30-17)15-7-13(24(26)27)4-5-16(15)22;1-19(2,3)29-18(25)8-17-22-20(11-28-14(9-24)6-12(20)10-30-17)15-7-13(23(26)27)4-5-16(15)21/h4-5,7,12,14H,6,8-11H2,1-3H3;4-5,7,12,14,24H,6,8-11H2,1-3H3/t2*12-,14+,20-/m00/s1. The molecule has 0 bridgehead atoms. The van der Waals surface area contributed by atoms with Gasteiger partial charge in [-0.2, -0.15) is 0 Å². The van der Waals surface area contributed by atoms with Gasteiger partial charge < -0.3 is 24.1 Å². The van der Waals surface area contributed by atoms with E-state index >= 15 is 0 Å². The summed E-state index contributed by atoms with van der Waals surface area (Å²) in [4.78, 5) is 55.3. The first-order chi connectivity index (χ1) is 28.1. The SMILES string of the molecule is CC(C)(C)OC(=O)CC1=N[C@@]2(c3cc([N+](=O)[O-])ccc3F)CO[C@@H](CF)C[C@H]2CS1.CC(C)(C)OC(=O)CC1=N[C@@]2(c3cc([N+](=O)[O-])ccc3F)CO[C@@H](CO)C[C@H]2CS1. The van der Waals surface area contributed by atoms with Crippen LogP contribution in [0.3, 0.4) is 0 Å². The molecule has 6 atom stereocenters. The first kappa shape index (κ1) is 46.9. The van der Waals surface area contributed by atoms with Gasteiger partial charge in [-0.05, 0) is 66.5 Å². The third-order valence-electron chi connectivity index (χ3n) is 10.1. The number of hydrogen-bond donors (Lipinski definition) is 1. The largest absolute Gasteiger partial charge is 0.460 e. The van der Waals surface area contributed by atoms with Gasteiger partial charge in [0.15, 0.2) is 0 Å². The molecule has 2 fully saturated rings. The molecular formula is C40H49F3N4O11S2. The van der Waals surface area contributed by atoms with Gasteiger partial charge in [-0.1, -0.05) is 0 Å². The van der Waals surface area contributed by atoms with Crippen molar-refractivity contribution in [3.05, 3.63) is 79.4 Å². The topological polar surface area (TPSA) is 202 Å². The summed E-state index contributed by atoms with van der Waals surface area (Å²) in [6, 6.07) is 6.63. The van der Waals surface area contributed by atoms with Crippen LogP contribution in [0.4, 0.5) is 24.5 Å². The van der Waals surface area contributed by atoms with Crippen molar-refractivity contribution in [2.45, 2.75) is 102 Å². The van der Waals surface area contributed by atoms with Crippen LogP contribution >= 0.6 is 23.5 Å². The molecule has 4 aliphatic heterocycles. The van der Waals surface area contributed by atoms with Gasteiger partial charge in [0.1, 0.15) is 40.6 Å². The highest BCUT2D eigenvalue weighted by Crippen LogP contribution is 2.50. The Labute approximate surface area is 353 Å². The third-order valence-corrected chi connectivity index (χ3v) is 12.4. The van der Waals surface area contributed by atoms with Crippen LogP contribution in [0.2, 0.25) is 0 Å². The molecule has 0 spiro atoms. The number of aliphatic hydroxyl groups excluding tert-OH is 1. The summed E-state index contributed by atoms with van der Waals surface area (Å²) in [6.45, 7) is 9.53. The van der Waals surface area contributed by atoms with E-state index in [1.807, 2.05) is 0 Å². The van der Waals surface area contributed by atoms with Gasteiger partial charge >= 0.3 is 11.9 Å². The number of alkyl halides is 1. The molecule has 2 aromatic rings. The van der Waals surface area contributed by atoms with Crippen LogP contribution in [0, 0.1) is 43.7 Å². The molecule has 0 saturated carbocycles. The molecule has 4 aliphatic rings. The zero-order valence-corrected chi connectivity index (χ0v) is 35.7. The number of nitro benzene ring substituents is 2. The molecule has 0 amide bonds. The first-order valence-corrected chi connectivity index (χ1v) is 21.2. The monoisotopic (exact) mass is 882 g/mol. The van der Waals surface area contributed by atoms with E-state index in [1.54, 1.807) is 41.5 Å². The zero-order chi connectivity index (χ0) is 44.2. The van der Waals surface area contributed by atoms with Gasteiger partial charge in [0.05, 0.1) is 64.8 Å². The van der Waals surface area contributed by atoms with Crippen LogP contribution in [0.5, 0.6) is 0 Å². The van der Waals surface area contributed by atoms with E-state index in [9.17, 15) is 48.1 Å². The molecular weight excluding hydrogens is 834 g/mol. The second-order valence-corrected chi connectivity index (χ2v) is 19.1. The number of aliphatic imine (C=N–C) groups is 2. The molecule has 6 rings (SSSR count). The fourth-order valence-corrected chi connectivity index (χ4v) is 10.0. The number of non-ortho nitro benzene ring substituents is 2. The number of halogens is 3. The van der Waals surface area contributed by atoms with Crippen molar-refractivity contribution in [3.8, 4) is 0 Å². The third kappa shape index (κ3) is 11.2. The Morgan fingerprint density at radius 3 is 1.55 bits per heavy atom. The van der Waals surface area contributed by atoms with Crippen LogP contribution in [-0.2, 0) is 39.6 Å². The van der Waals surface area contributed by atoms with E-state index in [-0.39, 0.29) is 67.0 Å². The molecule has 2 saturated heterocycles. The Hall–Kier alpha value is -4.11. The lowest BCUT2D eigenvalue weighted by molar-refractivity contribution is -0.385. The lowest BCUT2D eigenvalue weighted by Crippen LogP contribution is -2.50. The highest BCUT2D eigenvalue weighted by Gasteiger charge is 2.51. The smallest absolute Gasteiger partial charge is 0.312 e. The fourth-order valence-electron chi connectivity index (χ4n) is 7.50. The Kier molecular flexibility index (Phi) is 14.8. The minimum Gasteiger partial charge on any atom is -0.460 e. The number of carbonyl (C=O) groups is 2. The molecule has 1 N–H and O–H groups in total. The van der Waals surface area contributed by atoms with E-state index in [2.05, 4.69) is 4.99 Å². The Bertz CT molecular complexity index is 1890. The van der Waals surface area contributed by atoms with Gasteiger partial charge in [0.25, 0.3) is 11.4 Å². The number of fused-ring (bicyclic) bond motifs is 2. The van der Waals surface area contributed by atoms with Gasteiger partial charge in [0.2, 0.25) is 0 Å². The molecule has 4 heterocycles. The van der Waals surface area contributed by atoms with Crippen LogP contribution in [-0.4, -0.2) is 98.4 Å². The molecule has 15 nitrogen and oxygen atoms in total. The Balaban J connectivity index is 0.000000228. The predicted octanol–water partition coefficient (Wildman–Crippen LogP) is 7.38. The van der Waals surface area contributed by atoms with Crippen molar-refractivity contribution < 1.29 is 56.7 Å². The van der Waals surface area contributed by atoms with E-state index in [0.717, 1.165) is 30.3 Å². The molecule has 328 valence electrons. The van der Waals surface area contributed by atoms with E-state index < -0.39 is 74.6 Å². The van der Waals surface area contributed by atoms with Crippen LogP contribution < -0.4 is 0 Å². The minimum atomic E-state index is -1.26. The summed E-state index contributed by atoms with van der Waals surface area (Å²) in [5.41, 5.74) is -4.19. The molecule has 20 heteroatoms. The van der Waals surface area contributed by atoms with Crippen molar-refractivity contribution in [3.63, 3.8) is 0 Å². The zero-order valence-electron chi connectivity index (χ0n) is 34.1. The average molecular weight is 883 g/mol. The number of rotatable bonds is 10. The first-order valence-electron chi connectivity index (χ1n) is 19.2. The molecule has 60 heavy (non-hydrogen) atoms. The molecule has 0 aromatic heterocycles. The summed E-state index contributed by atoms with van der Waals surface area (Å²) in [5.74, 6) is -1.73. The Morgan fingerprint density at radius 1 is 0.783 bits per heavy atom. The number of esters is 2. The van der Waals surface area contributed by atoms with Crippen molar-refractivity contribution in [2.75, 3.05) is 38.0 Å². The molecule has 0 unspecified atom stereocenters. The molecule has 2 aromatic carbocycles. The highest BCUT2D eigenvalue weighted by atomic mass is 32.2. The predicted molar refractivity (Wildman–Crippen MR) is 219 cm³/mol.